The molecule has 2 atom stereocenters. The van der Waals surface area contributed by atoms with Crippen LogP contribution in [-0.2, 0) is 10.0 Å². The van der Waals surface area contributed by atoms with Gasteiger partial charge in [0, 0.05) is 25.2 Å². The van der Waals surface area contributed by atoms with Gasteiger partial charge in [0.25, 0.3) is 0 Å². The number of nitro groups is 1. The van der Waals surface area contributed by atoms with Crippen molar-refractivity contribution in [3.63, 3.8) is 0 Å². The van der Waals surface area contributed by atoms with Crippen LogP contribution in [0.25, 0.3) is 0 Å². The van der Waals surface area contributed by atoms with Crippen LogP contribution in [-0.4, -0.2) is 50.4 Å². The maximum atomic E-state index is 12.8. The van der Waals surface area contributed by atoms with Gasteiger partial charge in [0.05, 0.1) is 16.9 Å². The first-order chi connectivity index (χ1) is 10.9. The molecule has 2 unspecified atom stereocenters. The van der Waals surface area contributed by atoms with Gasteiger partial charge in [-0.05, 0) is 37.4 Å². The third-order valence-corrected chi connectivity index (χ3v) is 6.46. The number of hydrogen-bond acceptors (Lipinski definition) is 6. The summed E-state index contributed by atoms with van der Waals surface area (Å²) in [4.78, 5) is 10.4. The number of nitro benzene ring substituents is 1. The molecule has 1 aromatic carbocycles. The van der Waals surface area contributed by atoms with Gasteiger partial charge >= 0.3 is 5.69 Å². The SMILES string of the molecule is COc1ccc(S(=O)(=O)N2CCC3NCCC3C2)cc1[N+](=O)[O-].Cl. The van der Waals surface area contributed by atoms with Gasteiger partial charge in [-0.25, -0.2) is 8.42 Å². The molecule has 2 aliphatic rings. The minimum Gasteiger partial charge on any atom is -0.490 e. The van der Waals surface area contributed by atoms with E-state index >= 15 is 0 Å². The van der Waals surface area contributed by atoms with Crippen LogP contribution >= 0.6 is 12.4 Å². The Morgan fingerprint density at radius 1 is 1.38 bits per heavy atom. The molecule has 3 rings (SSSR count). The highest BCUT2D eigenvalue weighted by Gasteiger charge is 2.38. The van der Waals surface area contributed by atoms with Gasteiger partial charge in [0.1, 0.15) is 0 Å². The summed E-state index contributed by atoms with van der Waals surface area (Å²) in [7, 11) is -2.42. The van der Waals surface area contributed by atoms with Crippen molar-refractivity contribution in [3.8, 4) is 5.75 Å². The van der Waals surface area contributed by atoms with E-state index in [9.17, 15) is 18.5 Å². The van der Waals surface area contributed by atoms with Crippen LogP contribution in [0, 0.1) is 16.0 Å². The van der Waals surface area contributed by atoms with E-state index < -0.39 is 14.9 Å². The average Bonchev–Trinajstić information content (AvgIpc) is 3.01. The van der Waals surface area contributed by atoms with Crippen molar-refractivity contribution in [1.82, 2.24) is 9.62 Å². The van der Waals surface area contributed by atoms with Gasteiger partial charge in [0.2, 0.25) is 10.0 Å². The van der Waals surface area contributed by atoms with E-state index in [0.29, 0.717) is 25.0 Å². The number of nitrogens with one attached hydrogen (secondary N) is 1. The van der Waals surface area contributed by atoms with Crippen molar-refractivity contribution in [2.75, 3.05) is 26.7 Å². The van der Waals surface area contributed by atoms with Crippen LogP contribution in [0.4, 0.5) is 5.69 Å². The second-order valence-corrected chi connectivity index (χ2v) is 7.79. The van der Waals surface area contributed by atoms with E-state index in [1.54, 1.807) is 0 Å². The first-order valence-corrected chi connectivity index (χ1v) is 8.93. The number of benzene rings is 1. The molecule has 0 radical (unpaired) electrons. The van der Waals surface area contributed by atoms with Crippen LogP contribution in [0.1, 0.15) is 12.8 Å². The lowest BCUT2D eigenvalue weighted by Gasteiger charge is -2.33. The summed E-state index contributed by atoms with van der Waals surface area (Å²) in [6.07, 6.45) is 1.72. The van der Waals surface area contributed by atoms with Gasteiger partial charge in [-0.3, -0.25) is 10.1 Å². The normalized spacial score (nSPS) is 24.0. The number of sulfonamides is 1. The molecule has 1 N–H and O–H groups in total. The van der Waals surface area contributed by atoms with Gasteiger partial charge in [-0.2, -0.15) is 4.31 Å². The lowest BCUT2D eigenvalue weighted by molar-refractivity contribution is -0.386. The summed E-state index contributed by atoms with van der Waals surface area (Å²) in [5.74, 6) is 0.361. The second-order valence-electron chi connectivity index (χ2n) is 5.85. The fraction of sp³-hybridized carbons (Fsp3) is 0.571. The van der Waals surface area contributed by atoms with Gasteiger partial charge in [0.15, 0.2) is 5.75 Å². The zero-order valence-corrected chi connectivity index (χ0v) is 14.8. The van der Waals surface area contributed by atoms with E-state index in [-0.39, 0.29) is 28.7 Å². The molecule has 0 bridgehead atoms. The number of hydrogen-bond donors (Lipinski definition) is 1. The van der Waals surface area contributed by atoms with E-state index in [4.69, 9.17) is 4.74 Å². The molecule has 1 aromatic rings. The Morgan fingerprint density at radius 3 is 2.79 bits per heavy atom. The molecule has 0 amide bonds. The van der Waals surface area contributed by atoms with Crippen LogP contribution in [0.3, 0.4) is 0 Å². The smallest absolute Gasteiger partial charge is 0.312 e. The maximum Gasteiger partial charge on any atom is 0.312 e. The van der Waals surface area contributed by atoms with E-state index in [1.807, 2.05) is 0 Å². The first-order valence-electron chi connectivity index (χ1n) is 7.49. The molecule has 0 spiro atoms. The van der Waals surface area contributed by atoms with Crippen molar-refractivity contribution in [3.05, 3.63) is 28.3 Å². The molecule has 0 saturated carbocycles. The lowest BCUT2D eigenvalue weighted by Crippen LogP contribution is -2.46. The average molecular weight is 378 g/mol. The third-order valence-electron chi connectivity index (χ3n) is 4.60. The third kappa shape index (κ3) is 3.34. The maximum absolute atomic E-state index is 12.8. The molecule has 2 saturated heterocycles. The van der Waals surface area contributed by atoms with E-state index in [0.717, 1.165) is 25.5 Å². The van der Waals surface area contributed by atoms with E-state index in [1.165, 1.54) is 23.5 Å². The first kappa shape index (κ1) is 18.9. The minimum absolute atomic E-state index is 0. The number of ether oxygens (including phenoxy) is 1. The van der Waals surface area contributed by atoms with Gasteiger partial charge in [-0.1, -0.05) is 0 Å². The Hall–Kier alpha value is -1.42. The Labute approximate surface area is 146 Å². The molecule has 134 valence electrons. The number of fused-ring (bicyclic) bond motifs is 1. The molecule has 10 heteroatoms. The summed E-state index contributed by atoms with van der Waals surface area (Å²) in [5, 5.41) is 14.5. The molecular formula is C14H20ClN3O5S. The molecule has 0 aliphatic carbocycles. The molecule has 24 heavy (non-hydrogen) atoms. The Morgan fingerprint density at radius 2 is 2.12 bits per heavy atom. The Bertz CT molecular complexity index is 727. The highest BCUT2D eigenvalue weighted by molar-refractivity contribution is 7.89. The molecular weight excluding hydrogens is 358 g/mol. The number of methoxy groups -OCH3 is 1. The lowest BCUT2D eigenvalue weighted by atomic mass is 9.95. The van der Waals surface area contributed by atoms with Crippen molar-refractivity contribution in [1.29, 1.82) is 0 Å². The molecule has 0 aromatic heterocycles. The van der Waals surface area contributed by atoms with Crippen molar-refractivity contribution >= 4 is 28.1 Å². The predicted octanol–water partition coefficient (Wildman–Crippen LogP) is 1.40. The van der Waals surface area contributed by atoms with Crippen molar-refractivity contribution < 1.29 is 18.1 Å². The monoisotopic (exact) mass is 377 g/mol. The number of halogens is 1. The van der Waals surface area contributed by atoms with Crippen LogP contribution in [0.5, 0.6) is 5.75 Å². The van der Waals surface area contributed by atoms with Gasteiger partial charge in [-0.15, -0.1) is 12.4 Å². The van der Waals surface area contributed by atoms with Crippen LogP contribution in [0.2, 0.25) is 0 Å². The Balaban J connectivity index is 0.00000208. The summed E-state index contributed by atoms with van der Waals surface area (Å²) >= 11 is 0. The molecule has 2 heterocycles. The summed E-state index contributed by atoms with van der Waals surface area (Å²) in [6.45, 7) is 1.80. The van der Waals surface area contributed by atoms with Crippen LogP contribution < -0.4 is 10.1 Å². The number of rotatable bonds is 4. The number of piperidine rings is 1. The van der Waals surface area contributed by atoms with Crippen LogP contribution in [0.15, 0.2) is 23.1 Å². The fourth-order valence-corrected chi connectivity index (χ4v) is 4.89. The minimum atomic E-state index is -3.74. The van der Waals surface area contributed by atoms with Crippen molar-refractivity contribution in [2.45, 2.75) is 23.8 Å². The topological polar surface area (TPSA) is 102 Å². The Kier molecular flexibility index (Phi) is 5.69. The quantitative estimate of drug-likeness (QED) is 0.628. The zero-order valence-electron chi connectivity index (χ0n) is 13.2. The molecule has 8 nitrogen and oxygen atoms in total. The highest BCUT2D eigenvalue weighted by atomic mass is 35.5. The number of nitrogens with zero attached hydrogens (tertiary/aromatic N) is 2. The fourth-order valence-electron chi connectivity index (χ4n) is 3.35. The zero-order chi connectivity index (χ0) is 16.6. The summed E-state index contributed by atoms with van der Waals surface area (Å²) < 4.78 is 31.9. The summed E-state index contributed by atoms with van der Waals surface area (Å²) in [5.41, 5.74) is -0.342. The predicted molar refractivity (Wildman–Crippen MR) is 90.2 cm³/mol. The van der Waals surface area contributed by atoms with Gasteiger partial charge < -0.3 is 10.1 Å². The highest BCUT2D eigenvalue weighted by Crippen LogP contribution is 2.33. The summed E-state index contributed by atoms with van der Waals surface area (Å²) in [6, 6.07) is 4.15. The second kappa shape index (κ2) is 7.22. The molecule has 2 fully saturated rings. The standard InChI is InChI=1S/C14H19N3O5S.ClH/c1-22-14-3-2-11(8-13(14)17(18)19)23(20,21)16-7-5-12-10(9-16)4-6-15-12;/h2-3,8,10,12,15H,4-7,9H2,1H3;1H. The molecule has 2 aliphatic heterocycles. The van der Waals surface area contributed by atoms with E-state index in [2.05, 4.69) is 5.32 Å². The largest absolute Gasteiger partial charge is 0.490 e. The van der Waals surface area contributed by atoms with Crippen molar-refractivity contribution in [2.24, 2.45) is 5.92 Å².